The van der Waals surface area contributed by atoms with Crippen LogP contribution in [0.25, 0.3) is 0 Å². The van der Waals surface area contributed by atoms with Crippen LogP contribution in [-0.2, 0) is 16.0 Å². The normalized spacial score (nSPS) is 18.1. The molecular weight excluding hydrogens is 390 g/mol. The lowest BCUT2D eigenvalue weighted by molar-refractivity contribution is 0.0441. The molecule has 1 fully saturated rings. The van der Waals surface area contributed by atoms with Crippen molar-refractivity contribution in [1.82, 2.24) is 4.90 Å². The van der Waals surface area contributed by atoms with Crippen LogP contribution in [0.2, 0.25) is 0 Å². The van der Waals surface area contributed by atoms with Gasteiger partial charge in [0.2, 0.25) is 0 Å². The molecule has 1 heterocycles. The number of allylic oxidation sites excluding steroid dienone is 5. The van der Waals surface area contributed by atoms with Gasteiger partial charge in [-0.15, -0.1) is 0 Å². The van der Waals surface area contributed by atoms with Gasteiger partial charge in [0.1, 0.15) is 17.6 Å². The van der Waals surface area contributed by atoms with Crippen LogP contribution < -0.4 is 4.74 Å². The maximum absolute atomic E-state index is 11.9. The van der Waals surface area contributed by atoms with Crippen LogP contribution in [0, 0.1) is 0 Å². The Kier molecular flexibility index (Phi) is 7.97. The fourth-order valence-electron chi connectivity index (χ4n) is 3.96. The van der Waals surface area contributed by atoms with Crippen LogP contribution in [0.1, 0.15) is 62.9 Å². The Hall–Kier alpha value is -2.53. The lowest BCUT2D eigenvalue weighted by atomic mass is 10.0. The highest BCUT2D eigenvalue weighted by Gasteiger charge is 2.23. The van der Waals surface area contributed by atoms with E-state index in [4.69, 9.17) is 14.2 Å². The fraction of sp³-hybridized carbons (Fsp3) is 0.500. The van der Waals surface area contributed by atoms with E-state index in [9.17, 15) is 4.79 Å². The van der Waals surface area contributed by atoms with Crippen LogP contribution in [-0.4, -0.2) is 43.3 Å². The van der Waals surface area contributed by atoms with Gasteiger partial charge >= 0.3 is 5.97 Å². The van der Waals surface area contributed by atoms with Gasteiger partial charge in [-0.05, 0) is 58.2 Å². The van der Waals surface area contributed by atoms with Gasteiger partial charge in [0.25, 0.3) is 0 Å². The predicted octanol–water partition coefficient (Wildman–Crippen LogP) is 5.42. The van der Waals surface area contributed by atoms with Crippen molar-refractivity contribution >= 4 is 5.97 Å². The monoisotopic (exact) mass is 425 g/mol. The van der Waals surface area contributed by atoms with Crippen molar-refractivity contribution in [1.29, 1.82) is 0 Å². The average molecular weight is 426 g/mol. The Balaban J connectivity index is 1.61. The number of carbonyl (C=O) groups is 1. The lowest BCUT2D eigenvalue weighted by Gasteiger charge is -2.33. The van der Waals surface area contributed by atoms with E-state index in [-0.39, 0.29) is 18.2 Å². The minimum Gasteiger partial charge on any atom is -0.494 e. The Labute approximate surface area is 186 Å². The van der Waals surface area contributed by atoms with E-state index in [1.807, 2.05) is 26.0 Å². The highest BCUT2D eigenvalue weighted by Crippen LogP contribution is 2.28. The summed E-state index contributed by atoms with van der Waals surface area (Å²) in [7, 11) is 1.39. The molecule has 1 aromatic rings. The molecule has 0 saturated carbocycles. The average Bonchev–Trinajstić information content (AvgIpc) is 2.89. The second kappa shape index (κ2) is 10.7. The van der Waals surface area contributed by atoms with E-state index in [0.717, 1.165) is 56.0 Å². The number of likely N-dealkylation sites (tertiary alicyclic amines) is 1. The van der Waals surface area contributed by atoms with Crippen LogP contribution in [0.5, 0.6) is 5.75 Å². The largest absolute Gasteiger partial charge is 0.494 e. The summed E-state index contributed by atoms with van der Waals surface area (Å²) >= 11 is 0. The number of methoxy groups -OCH3 is 1. The highest BCUT2D eigenvalue weighted by atomic mass is 16.5. The Morgan fingerprint density at radius 1 is 1.19 bits per heavy atom. The summed E-state index contributed by atoms with van der Waals surface area (Å²) in [4.78, 5) is 14.3. The summed E-state index contributed by atoms with van der Waals surface area (Å²) in [6, 6.07) is 5.59. The molecule has 3 rings (SSSR count). The van der Waals surface area contributed by atoms with Crippen molar-refractivity contribution in [3.05, 3.63) is 64.5 Å². The Morgan fingerprint density at radius 3 is 2.61 bits per heavy atom. The SMILES string of the molecule is COC(=O)c1ccc(CN2CCC(OC3=C(C)C=CC=C(C)C3)CC2)c(OC(C)C)c1. The van der Waals surface area contributed by atoms with Crippen molar-refractivity contribution in [2.45, 2.75) is 65.7 Å². The molecule has 0 unspecified atom stereocenters. The number of piperidine rings is 1. The number of benzene rings is 1. The molecule has 0 atom stereocenters. The zero-order valence-corrected chi connectivity index (χ0v) is 19.4. The molecule has 168 valence electrons. The summed E-state index contributed by atoms with van der Waals surface area (Å²) in [6.07, 6.45) is 9.59. The number of nitrogens with zero attached hydrogens (tertiary/aromatic N) is 1. The number of carbonyl (C=O) groups excluding carboxylic acids is 1. The third kappa shape index (κ3) is 6.47. The third-order valence-electron chi connectivity index (χ3n) is 5.69. The number of hydrogen-bond donors (Lipinski definition) is 0. The standard InChI is InChI=1S/C26H35NO4/c1-18(2)30-25-16-21(26(28)29-5)9-10-22(25)17-27-13-11-23(12-14-27)31-24-15-19(3)7-6-8-20(24)4/h6-10,16,18,23H,11-15,17H2,1-5H3. The van der Waals surface area contributed by atoms with E-state index < -0.39 is 0 Å². The van der Waals surface area contributed by atoms with Gasteiger partial charge in [-0.25, -0.2) is 4.79 Å². The number of rotatable bonds is 7. The number of ether oxygens (including phenoxy) is 3. The van der Waals surface area contributed by atoms with Crippen LogP contribution in [0.15, 0.2) is 53.3 Å². The molecule has 1 aliphatic carbocycles. The van der Waals surface area contributed by atoms with Gasteiger partial charge in [-0.2, -0.15) is 0 Å². The van der Waals surface area contributed by atoms with Crippen molar-refractivity contribution in [3.63, 3.8) is 0 Å². The van der Waals surface area contributed by atoms with Crippen molar-refractivity contribution < 1.29 is 19.0 Å². The molecule has 0 N–H and O–H groups in total. The lowest BCUT2D eigenvalue weighted by Crippen LogP contribution is -2.36. The van der Waals surface area contributed by atoms with E-state index in [0.29, 0.717) is 5.56 Å². The van der Waals surface area contributed by atoms with E-state index in [1.165, 1.54) is 18.3 Å². The minimum atomic E-state index is -0.346. The summed E-state index contributed by atoms with van der Waals surface area (Å²) in [5.74, 6) is 1.51. The highest BCUT2D eigenvalue weighted by molar-refractivity contribution is 5.89. The summed E-state index contributed by atoms with van der Waals surface area (Å²) < 4.78 is 17.3. The molecule has 1 aromatic carbocycles. The first-order valence-corrected chi connectivity index (χ1v) is 11.2. The number of esters is 1. The Morgan fingerprint density at radius 2 is 1.94 bits per heavy atom. The molecule has 1 aliphatic heterocycles. The zero-order valence-electron chi connectivity index (χ0n) is 19.4. The molecule has 0 bridgehead atoms. The number of hydrogen-bond acceptors (Lipinski definition) is 5. The van der Waals surface area contributed by atoms with Gasteiger partial charge in [0.15, 0.2) is 0 Å². The predicted molar refractivity (Wildman–Crippen MR) is 123 cm³/mol. The summed E-state index contributed by atoms with van der Waals surface area (Å²) in [6.45, 7) is 11.0. The Bertz CT molecular complexity index is 873. The van der Waals surface area contributed by atoms with Crippen molar-refractivity contribution in [2.75, 3.05) is 20.2 Å². The molecule has 0 spiro atoms. The van der Waals surface area contributed by atoms with E-state index in [1.54, 1.807) is 6.07 Å². The maximum Gasteiger partial charge on any atom is 0.337 e. The summed E-state index contributed by atoms with van der Waals surface area (Å²) in [5.41, 5.74) is 4.15. The van der Waals surface area contributed by atoms with Gasteiger partial charge in [0, 0.05) is 31.6 Å². The van der Waals surface area contributed by atoms with Gasteiger partial charge in [-0.3, -0.25) is 4.90 Å². The molecule has 0 aromatic heterocycles. The topological polar surface area (TPSA) is 48.0 Å². The smallest absolute Gasteiger partial charge is 0.337 e. The van der Waals surface area contributed by atoms with Crippen LogP contribution >= 0.6 is 0 Å². The first-order valence-electron chi connectivity index (χ1n) is 11.2. The quantitative estimate of drug-likeness (QED) is 0.546. The second-order valence-corrected chi connectivity index (χ2v) is 8.73. The summed E-state index contributed by atoms with van der Waals surface area (Å²) in [5, 5.41) is 0. The molecule has 5 nitrogen and oxygen atoms in total. The molecule has 0 amide bonds. The van der Waals surface area contributed by atoms with Gasteiger partial charge < -0.3 is 14.2 Å². The van der Waals surface area contributed by atoms with E-state index >= 15 is 0 Å². The fourth-order valence-corrected chi connectivity index (χ4v) is 3.96. The molecule has 2 aliphatic rings. The third-order valence-corrected chi connectivity index (χ3v) is 5.69. The zero-order chi connectivity index (χ0) is 22.4. The molecule has 5 heteroatoms. The maximum atomic E-state index is 11.9. The van der Waals surface area contributed by atoms with Crippen LogP contribution in [0.3, 0.4) is 0 Å². The van der Waals surface area contributed by atoms with Crippen molar-refractivity contribution in [2.24, 2.45) is 0 Å². The molecule has 31 heavy (non-hydrogen) atoms. The second-order valence-electron chi connectivity index (χ2n) is 8.73. The minimum absolute atomic E-state index is 0.0356. The van der Waals surface area contributed by atoms with Gasteiger partial charge in [0.05, 0.1) is 18.8 Å². The van der Waals surface area contributed by atoms with E-state index in [2.05, 4.69) is 37.0 Å². The van der Waals surface area contributed by atoms with Crippen molar-refractivity contribution in [3.8, 4) is 5.75 Å². The molecule has 0 radical (unpaired) electrons. The first-order chi connectivity index (χ1) is 14.9. The molecule has 1 saturated heterocycles. The van der Waals surface area contributed by atoms with Crippen LogP contribution in [0.4, 0.5) is 0 Å². The van der Waals surface area contributed by atoms with Gasteiger partial charge in [-0.1, -0.05) is 29.9 Å². The first kappa shape index (κ1) is 23.1. The molecular formula is C26H35NO4.